The smallest absolute Gasteiger partial charge is 0.206 e. The molecule has 0 aromatic heterocycles. The highest BCUT2D eigenvalue weighted by Crippen LogP contribution is 2.29. The molecule has 110 valence electrons. The number of hydrogen-bond donors (Lipinski definition) is 1. The minimum Gasteiger partial charge on any atom is -0.487 e. The summed E-state index contributed by atoms with van der Waals surface area (Å²) in [6.07, 6.45) is 0.0316. The molecule has 0 radical (unpaired) electrons. The van der Waals surface area contributed by atoms with Gasteiger partial charge < -0.3 is 10.1 Å². The Morgan fingerprint density at radius 1 is 1.05 bits per heavy atom. The Bertz CT molecular complexity index is 501. The van der Waals surface area contributed by atoms with Gasteiger partial charge in [0, 0.05) is 6.42 Å². The fourth-order valence-corrected chi connectivity index (χ4v) is 1.45. The number of nitrogens with zero attached hydrogens (tertiary/aromatic N) is 1. The van der Waals surface area contributed by atoms with Crippen molar-refractivity contribution in [3.8, 4) is 11.8 Å². The maximum absolute atomic E-state index is 13.2. The van der Waals surface area contributed by atoms with Crippen molar-refractivity contribution in [1.29, 1.82) is 5.26 Å². The summed E-state index contributed by atoms with van der Waals surface area (Å²) >= 11 is 0. The number of ether oxygens (including phenoxy) is 1. The minimum atomic E-state index is -2.24. The zero-order valence-electron chi connectivity index (χ0n) is 10.4. The van der Waals surface area contributed by atoms with Crippen LogP contribution in [0, 0.1) is 40.4 Å². The van der Waals surface area contributed by atoms with Crippen LogP contribution in [0.5, 0.6) is 5.75 Å². The summed E-state index contributed by atoms with van der Waals surface area (Å²) < 4.78 is 69.5. The molecule has 1 rings (SSSR count). The Balaban J connectivity index is 2.82. The van der Waals surface area contributed by atoms with Crippen LogP contribution in [0.1, 0.15) is 13.3 Å². The molecule has 0 spiro atoms. The van der Waals surface area contributed by atoms with Crippen LogP contribution in [0.2, 0.25) is 0 Å². The average molecular weight is 294 g/mol. The quantitative estimate of drug-likeness (QED) is 0.498. The van der Waals surface area contributed by atoms with Crippen molar-refractivity contribution in [2.45, 2.75) is 19.4 Å². The van der Waals surface area contributed by atoms with E-state index in [4.69, 9.17) is 5.26 Å². The Kier molecular flexibility index (Phi) is 5.70. The summed E-state index contributed by atoms with van der Waals surface area (Å²) in [6.45, 7) is 1.86. The third-order valence-corrected chi connectivity index (χ3v) is 2.43. The normalized spacial score (nSPS) is 12.1. The van der Waals surface area contributed by atoms with E-state index < -0.39 is 40.9 Å². The summed E-state index contributed by atoms with van der Waals surface area (Å²) in [6, 6.07) is 1.23. The predicted octanol–water partition coefficient (Wildman–Crippen LogP) is 2.65. The van der Waals surface area contributed by atoms with Gasteiger partial charge in [0.2, 0.25) is 29.1 Å². The molecule has 0 bridgehead atoms. The number of nitrogens with one attached hydrogen (secondary N) is 1. The molecule has 1 aromatic rings. The van der Waals surface area contributed by atoms with Gasteiger partial charge in [-0.3, -0.25) is 0 Å². The minimum absolute atomic E-state index is 0.0316. The molecule has 0 fully saturated rings. The maximum atomic E-state index is 13.2. The van der Waals surface area contributed by atoms with Gasteiger partial charge in [-0.15, -0.1) is 0 Å². The molecule has 0 heterocycles. The Morgan fingerprint density at radius 3 is 2.00 bits per heavy atom. The van der Waals surface area contributed by atoms with E-state index in [1.807, 2.05) is 6.07 Å². The van der Waals surface area contributed by atoms with Crippen LogP contribution < -0.4 is 10.1 Å². The van der Waals surface area contributed by atoms with E-state index in [1.165, 1.54) is 0 Å². The molecule has 20 heavy (non-hydrogen) atoms. The van der Waals surface area contributed by atoms with E-state index in [0.717, 1.165) is 0 Å². The molecule has 0 aliphatic carbocycles. The van der Waals surface area contributed by atoms with Crippen LogP contribution in [0.15, 0.2) is 0 Å². The lowest BCUT2D eigenvalue weighted by molar-refractivity contribution is 0.252. The second-order valence-electron chi connectivity index (χ2n) is 3.78. The molecule has 0 saturated carbocycles. The first kappa shape index (κ1) is 16.2. The van der Waals surface area contributed by atoms with Gasteiger partial charge in [-0.05, 0) is 6.54 Å². The van der Waals surface area contributed by atoms with Crippen molar-refractivity contribution < 1.29 is 26.7 Å². The molecule has 0 saturated heterocycles. The highest BCUT2D eigenvalue weighted by atomic mass is 19.2. The maximum Gasteiger partial charge on any atom is 0.206 e. The van der Waals surface area contributed by atoms with Crippen molar-refractivity contribution >= 4 is 0 Å². The molecule has 1 unspecified atom stereocenters. The second kappa shape index (κ2) is 7.05. The van der Waals surface area contributed by atoms with Crippen LogP contribution in [0.25, 0.3) is 0 Å². The van der Waals surface area contributed by atoms with Crippen molar-refractivity contribution in [3.63, 3.8) is 0 Å². The molecule has 1 aromatic carbocycles. The van der Waals surface area contributed by atoms with Gasteiger partial charge in [0.25, 0.3) is 0 Å². The number of halogens is 5. The molecule has 1 atom stereocenters. The van der Waals surface area contributed by atoms with Crippen LogP contribution in [-0.4, -0.2) is 19.2 Å². The Hall–Kier alpha value is -1.88. The zero-order chi connectivity index (χ0) is 15.3. The third kappa shape index (κ3) is 3.36. The zero-order valence-corrected chi connectivity index (χ0v) is 10.4. The molecule has 8 heteroatoms. The van der Waals surface area contributed by atoms with Crippen LogP contribution in [0.4, 0.5) is 22.0 Å². The molecular weight excluding hydrogens is 283 g/mol. The molecule has 3 nitrogen and oxygen atoms in total. The molecule has 1 N–H and O–H groups in total. The lowest BCUT2D eigenvalue weighted by atomic mass is 10.2. The van der Waals surface area contributed by atoms with Gasteiger partial charge in [0.1, 0.15) is 0 Å². The van der Waals surface area contributed by atoms with Crippen molar-refractivity contribution in [3.05, 3.63) is 29.1 Å². The van der Waals surface area contributed by atoms with Crippen LogP contribution in [-0.2, 0) is 0 Å². The first-order valence-electron chi connectivity index (χ1n) is 5.71. The standard InChI is InChI=1S/C12H11F5N2O/c1-2-19-6(5-18)3-4-20-12-10(16)8(14)7(13)9(15)11(12)17/h6,19H,2-4H2,1H3. The van der Waals surface area contributed by atoms with E-state index in [0.29, 0.717) is 6.54 Å². The highest BCUT2D eigenvalue weighted by Gasteiger charge is 2.27. The Labute approximate surface area is 112 Å². The first-order chi connectivity index (χ1) is 9.43. The van der Waals surface area contributed by atoms with E-state index >= 15 is 0 Å². The lowest BCUT2D eigenvalue weighted by Gasteiger charge is -2.12. The molecule has 0 amide bonds. The lowest BCUT2D eigenvalue weighted by Crippen LogP contribution is -2.29. The van der Waals surface area contributed by atoms with Crippen molar-refractivity contribution in [2.75, 3.05) is 13.2 Å². The van der Waals surface area contributed by atoms with Gasteiger partial charge in [-0.2, -0.15) is 14.0 Å². The summed E-state index contributed by atoms with van der Waals surface area (Å²) in [7, 11) is 0. The summed E-state index contributed by atoms with van der Waals surface area (Å²) in [5.41, 5.74) is 0. The monoisotopic (exact) mass is 294 g/mol. The average Bonchev–Trinajstić information content (AvgIpc) is 2.45. The summed E-state index contributed by atoms with van der Waals surface area (Å²) in [5.74, 6) is -11.8. The summed E-state index contributed by atoms with van der Waals surface area (Å²) in [5, 5.41) is 11.4. The fraction of sp³-hybridized carbons (Fsp3) is 0.417. The first-order valence-corrected chi connectivity index (χ1v) is 5.71. The van der Waals surface area contributed by atoms with Crippen molar-refractivity contribution in [2.24, 2.45) is 0 Å². The van der Waals surface area contributed by atoms with E-state index in [9.17, 15) is 22.0 Å². The van der Waals surface area contributed by atoms with Gasteiger partial charge in [0.15, 0.2) is 5.75 Å². The van der Waals surface area contributed by atoms with E-state index in [-0.39, 0.29) is 13.0 Å². The fourth-order valence-electron chi connectivity index (χ4n) is 1.45. The van der Waals surface area contributed by atoms with E-state index in [2.05, 4.69) is 10.1 Å². The van der Waals surface area contributed by atoms with Gasteiger partial charge >= 0.3 is 0 Å². The number of rotatable bonds is 6. The topological polar surface area (TPSA) is 45.0 Å². The van der Waals surface area contributed by atoms with E-state index in [1.54, 1.807) is 6.92 Å². The van der Waals surface area contributed by atoms with Gasteiger partial charge in [-0.1, -0.05) is 6.92 Å². The summed E-state index contributed by atoms with van der Waals surface area (Å²) in [4.78, 5) is 0. The van der Waals surface area contributed by atoms with Crippen LogP contribution in [0.3, 0.4) is 0 Å². The highest BCUT2D eigenvalue weighted by molar-refractivity contribution is 5.29. The molecule has 0 aliphatic heterocycles. The third-order valence-electron chi connectivity index (χ3n) is 2.43. The van der Waals surface area contributed by atoms with Crippen LogP contribution >= 0.6 is 0 Å². The van der Waals surface area contributed by atoms with Gasteiger partial charge in [0.05, 0.1) is 18.7 Å². The number of nitriles is 1. The SMILES string of the molecule is CCNC(C#N)CCOc1c(F)c(F)c(F)c(F)c1F. The molecule has 0 aliphatic rings. The number of benzene rings is 1. The number of hydrogen-bond acceptors (Lipinski definition) is 3. The van der Waals surface area contributed by atoms with Gasteiger partial charge in [-0.25, -0.2) is 13.2 Å². The second-order valence-corrected chi connectivity index (χ2v) is 3.78. The Morgan fingerprint density at radius 2 is 1.55 bits per heavy atom. The largest absolute Gasteiger partial charge is 0.487 e. The predicted molar refractivity (Wildman–Crippen MR) is 59.4 cm³/mol. The molecular formula is C12H11F5N2O. The van der Waals surface area contributed by atoms with Crippen molar-refractivity contribution in [1.82, 2.24) is 5.32 Å².